The van der Waals surface area contributed by atoms with Crippen molar-refractivity contribution >= 4 is 5.91 Å². The van der Waals surface area contributed by atoms with Crippen molar-refractivity contribution in [3.8, 4) is 0 Å². The van der Waals surface area contributed by atoms with Crippen LogP contribution in [0.5, 0.6) is 0 Å². The Bertz CT molecular complexity index is 662. The summed E-state index contributed by atoms with van der Waals surface area (Å²) >= 11 is 0. The van der Waals surface area contributed by atoms with Gasteiger partial charge in [-0.2, -0.15) is 5.10 Å². The lowest BCUT2D eigenvalue weighted by Gasteiger charge is -2.24. The molecular formula is C17H21N3O2. The van der Waals surface area contributed by atoms with Crippen LogP contribution in [-0.2, 0) is 18.4 Å². The Morgan fingerprint density at radius 2 is 2.05 bits per heavy atom. The number of benzene rings is 1. The molecule has 3 rings (SSSR count). The van der Waals surface area contributed by atoms with E-state index in [0.717, 1.165) is 42.5 Å². The number of hydrogen-bond donors (Lipinski definition) is 3. The van der Waals surface area contributed by atoms with Crippen molar-refractivity contribution in [2.75, 3.05) is 6.54 Å². The highest BCUT2D eigenvalue weighted by molar-refractivity contribution is 5.94. The van der Waals surface area contributed by atoms with Crippen LogP contribution in [0.25, 0.3) is 0 Å². The molecule has 0 saturated carbocycles. The molecule has 1 aliphatic rings. The first-order valence-corrected chi connectivity index (χ1v) is 7.70. The summed E-state index contributed by atoms with van der Waals surface area (Å²) in [5.74, 6) is -0.226. The van der Waals surface area contributed by atoms with Gasteiger partial charge >= 0.3 is 0 Å². The number of carbonyl (C=O) groups excluding carboxylic acids is 1. The summed E-state index contributed by atoms with van der Waals surface area (Å²) < 4.78 is 0. The standard InChI is InChI=1S/C17H21N3O2/c1-17(22,12-7-3-2-4-8-12)11-18-16(21)15-13-9-5-6-10-14(13)19-20-15/h2-4,7-8,22H,5-6,9-11H2,1H3,(H,18,21)(H,19,20). The molecule has 0 radical (unpaired) electrons. The number of amides is 1. The lowest BCUT2D eigenvalue weighted by molar-refractivity contribution is 0.0524. The Morgan fingerprint density at radius 1 is 1.32 bits per heavy atom. The van der Waals surface area contributed by atoms with Crippen LogP contribution in [0.1, 0.15) is 47.1 Å². The fraction of sp³-hybridized carbons (Fsp3) is 0.412. The Morgan fingerprint density at radius 3 is 2.82 bits per heavy atom. The zero-order valence-electron chi connectivity index (χ0n) is 12.7. The summed E-state index contributed by atoms with van der Waals surface area (Å²) in [5.41, 5.74) is 2.25. The van der Waals surface area contributed by atoms with Gasteiger partial charge in [0.25, 0.3) is 5.91 Å². The fourth-order valence-electron chi connectivity index (χ4n) is 2.90. The van der Waals surface area contributed by atoms with E-state index in [1.54, 1.807) is 6.92 Å². The number of nitrogens with zero attached hydrogens (tertiary/aromatic N) is 1. The van der Waals surface area contributed by atoms with E-state index in [9.17, 15) is 9.90 Å². The van der Waals surface area contributed by atoms with Crippen molar-refractivity contribution in [2.24, 2.45) is 0 Å². The molecule has 5 heteroatoms. The highest BCUT2D eigenvalue weighted by Gasteiger charge is 2.26. The quantitative estimate of drug-likeness (QED) is 0.807. The van der Waals surface area contributed by atoms with Crippen LogP contribution in [0.4, 0.5) is 0 Å². The van der Waals surface area contributed by atoms with Crippen molar-refractivity contribution in [1.82, 2.24) is 15.5 Å². The molecule has 0 bridgehead atoms. The minimum absolute atomic E-state index is 0.150. The first-order chi connectivity index (χ1) is 10.6. The van der Waals surface area contributed by atoms with E-state index < -0.39 is 5.60 Å². The van der Waals surface area contributed by atoms with Crippen LogP contribution in [0.15, 0.2) is 30.3 Å². The van der Waals surface area contributed by atoms with E-state index in [-0.39, 0.29) is 12.5 Å². The minimum atomic E-state index is -1.10. The van der Waals surface area contributed by atoms with Gasteiger partial charge in [0.15, 0.2) is 5.69 Å². The summed E-state index contributed by atoms with van der Waals surface area (Å²) in [5, 5.41) is 20.4. The van der Waals surface area contributed by atoms with Crippen LogP contribution in [0, 0.1) is 0 Å². The molecule has 0 saturated heterocycles. The minimum Gasteiger partial charge on any atom is -0.384 e. The third kappa shape index (κ3) is 2.90. The number of fused-ring (bicyclic) bond motifs is 1. The van der Waals surface area contributed by atoms with Gasteiger partial charge in [-0.05, 0) is 38.2 Å². The van der Waals surface area contributed by atoms with Crippen molar-refractivity contribution in [3.63, 3.8) is 0 Å². The van der Waals surface area contributed by atoms with Crippen LogP contribution in [0.2, 0.25) is 0 Å². The number of aliphatic hydroxyl groups is 1. The number of nitrogens with one attached hydrogen (secondary N) is 2. The molecular weight excluding hydrogens is 278 g/mol. The molecule has 0 spiro atoms. The second-order valence-corrected chi connectivity index (χ2v) is 6.06. The highest BCUT2D eigenvalue weighted by Crippen LogP contribution is 2.23. The van der Waals surface area contributed by atoms with Crippen molar-refractivity contribution in [1.29, 1.82) is 0 Å². The second kappa shape index (κ2) is 5.93. The second-order valence-electron chi connectivity index (χ2n) is 6.06. The van der Waals surface area contributed by atoms with E-state index >= 15 is 0 Å². The summed E-state index contributed by atoms with van der Waals surface area (Å²) in [6.45, 7) is 1.85. The molecule has 1 heterocycles. The van der Waals surface area contributed by atoms with Crippen LogP contribution in [-0.4, -0.2) is 27.8 Å². The number of hydrogen-bond acceptors (Lipinski definition) is 3. The molecule has 0 fully saturated rings. The Labute approximate surface area is 129 Å². The maximum absolute atomic E-state index is 12.4. The molecule has 22 heavy (non-hydrogen) atoms. The van der Waals surface area contributed by atoms with Gasteiger partial charge in [0, 0.05) is 11.3 Å². The summed E-state index contributed by atoms with van der Waals surface area (Å²) in [7, 11) is 0. The smallest absolute Gasteiger partial charge is 0.272 e. The number of carbonyl (C=O) groups is 1. The lowest BCUT2D eigenvalue weighted by Crippen LogP contribution is -2.39. The molecule has 1 aliphatic carbocycles. The van der Waals surface area contributed by atoms with Gasteiger partial charge in [-0.25, -0.2) is 0 Å². The predicted molar refractivity (Wildman–Crippen MR) is 83.6 cm³/mol. The molecule has 1 aromatic carbocycles. The van der Waals surface area contributed by atoms with Crippen LogP contribution < -0.4 is 5.32 Å². The zero-order valence-corrected chi connectivity index (χ0v) is 12.7. The Balaban J connectivity index is 1.69. The third-order valence-corrected chi connectivity index (χ3v) is 4.26. The van der Waals surface area contributed by atoms with Crippen LogP contribution >= 0.6 is 0 Å². The van der Waals surface area contributed by atoms with E-state index in [1.165, 1.54) is 0 Å². The molecule has 0 aliphatic heterocycles. The summed E-state index contributed by atoms with van der Waals surface area (Å²) in [6.07, 6.45) is 4.08. The average molecular weight is 299 g/mol. The molecule has 1 aromatic heterocycles. The topological polar surface area (TPSA) is 78.0 Å². The number of aromatic nitrogens is 2. The van der Waals surface area contributed by atoms with Gasteiger partial charge in [0.2, 0.25) is 0 Å². The number of H-pyrrole nitrogens is 1. The molecule has 1 unspecified atom stereocenters. The molecule has 1 atom stereocenters. The summed E-state index contributed by atoms with van der Waals surface area (Å²) in [4.78, 5) is 12.4. The average Bonchev–Trinajstić information content (AvgIpc) is 2.98. The Hall–Kier alpha value is -2.14. The lowest BCUT2D eigenvalue weighted by atomic mass is 9.95. The first kappa shape index (κ1) is 14.8. The van der Waals surface area contributed by atoms with Gasteiger partial charge in [0.05, 0.1) is 6.54 Å². The van der Waals surface area contributed by atoms with Gasteiger partial charge in [-0.3, -0.25) is 9.89 Å². The third-order valence-electron chi connectivity index (χ3n) is 4.26. The van der Waals surface area contributed by atoms with E-state index in [2.05, 4.69) is 15.5 Å². The van der Waals surface area contributed by atoms with Crippen molar-refractivity contribution in [3.05, 3.63) is 52.8 Å². The van der Waals surface area contributed by atoms with Crippen molar-refractivity contribution < 1.29 is 9.90 Å². The molecule has 3 N–H and O–H groups in total. The maximum Gasteiger partial charge on any atom is 0.272 e. The number of aromatic amines is 1. The summed E-state index contributed by atoms with van der Waals surface area (Å²) in [6, 6.07) is 9.34. The first-order valence-electron chi connectivity index (χ1n) is 7.70. The molecule has 5 nitrogen and oxygen atoms in total. The van der Waals surface area contributed by atoms with E-state index in [0.29, 0.717) is 5.69 Å². The highest BCUT2D eigenvalue weighted by atomic mass is 16.3. The largest absolute Gasteiger partial charge is 0.384 e. The SMILES string of the molecule is CC(O)(CNC(=O)c1n[nH]c2c1CCCC2)c1ccccc1. The zero-order chi connectivity index (χ0) is 15.6. The van der Waals surface area contributed by atoms with E-state index in [1.807, 2.05) is 30.3 Å². The Kier molecular flexibility index (Phi) is 3.98. The maximum atomic E-state index is 12.4. The van der Waals surface area contributed by atoms with Gasteiger partial charge in [-0.15, -0.1) is 0 Å². The fourth-order valence-corrected chi connectivity index (χ4v) is 2.90. The van der Waals surface area contributed by atoms with Crippen LogP contribution in [0.3, 0.4) is 0 Å². The number of rotatable bonds is 4. The molecule has 116 valence electrons. The number of aryl methyl sites for hydroxylation is 1. The normalized spacial score (nSPS) is 16.6. The monoisotopic (exact) mass is 299 g/mol. The molecule has 1 amide bonds. The molecule has 2 aromatic rings. The van der Waals surface area contributed by atoms with Gasteiger partial charge in [0.1, 0.15) is 5.60 Å². The van der Waals surface area contributed by atoms with Crippen molar-refractivity contribution in [2.45, 2.75) is 38.2 Å². The van der Waals surface area contributed by atoms with Gasteiger partial charge < -0.3 is 10.4 Å². The predicted octanol–water partition coefficient (Wildman–Crippen LogP) is 1.93. The van der Waals surface area contributed by atoms with E-state index in [4.69, 9.17) is 0 Å². The van der Waals surface area contributed by atoms with Gasteiger partial charge in [-0.1, -0.05) is 30.3 Å².